The first-order valence-corrected chi connectivity index (χ1v) is 55.9. The lowest BCUT2D eigenvalue weighted by atomic mass is 9.87. The number of aromatic amines is 3. The molecule has 14 nitrogen and oxygen atoms in total. The zero-order valence-electron chi connectivity index (χ0n) is 83.7. The third kappa shape index (κ3) is 64.0. The summed E-state index contributed by atoms with van der Waals surface area (Å²) < 4.78 is 34.5. The molecule has 3 aliphatic rings. The number of rotatable bonds is 37. The van der Waals surface area contributed by atoms with Crippen molar-refractivity contribution in [2.75, 3.05) is 6.61 Å². The van der Waals surface area contributed by atoms with Crippen molar-refractivity contribution in [3.05, 3.63) is 237 Å². The van der Waals surface area contributed by atoms with Gasteiger partial charge in [0.25, 0.3) is 0 Å². The Kier molecular flexibility index (Phi) is 102. The van der Waals surface area contributed by atoms with Gasteiger partial charge in [0.2, 0.25) is 0 Å². The summed E-state index contributed by atoms with van der Waals surface area (Å²) in [5.41, 5.74) is 13.1. The number of nitrogens with one attached hydrogen (secondary N) is 3. The van der Waals surface area contributed by atoms with Gasteiger partial charge in [-0.3, -0.25) is 20.1 Å². The number of esters is 1. The van der Waals surface area contributed by atoms with Gasteiger partial charge < -0.3 is 33.9 Å². The highest BCUT2D eigenvalue weighted by Crippen LogP contribution is 2.40. The monoisotopic (exact) mass is 2240 g/mol. The van der Waals surface area contributed by atoms with Gasteiger partial charge in [-0.25, -0.2) is 0 Å². The number of benzene rings is 7. The fourth-order valence-electron chi connectivity index (χ4n) is 14.9. The molecule has 0 bridgehead atoms. The van der Waals surface area contributed by atoms with E-state index in [-0.39, 0.29) is 148 Å². The van der Waals surface area contributed by atoms with Gasteiger partial charge in [-0.05, 0) is 319 Å². The number of carbonyl (C=O) groups is 1. The quantitative estimate of drug-likeness (QED) is 0.0107. The highest BCUT2D eigenvalue weighted by Gasteiger charge is 2.40. The van der Waals surface area contributed by atoms with Crippen LogP contribution in [0.1, 0.15) is 508 Å². The fourth-order valence-corrected chi connectivity index (χ4v) is 21.0. The molecule has 860 valence electrons. The van der Waals surface area contributed by atoms with Crippen LogP contribution in [0.5, 0.6) is 23.0 Å². The van der Waals surface area contributed by atoms with Crippen molar-refractivity contribution in [3.8, 4) is 23.0 Å². The van der Waals surface area contributed by atoms with Crippen LogP contribution in [0.15, 0.2) is 183 Å². The lowest BCUT2D eigenvalue weighted by molar-refractivity contribution is -0.170. The van der Waals surface area contributed by atoms with E-state index in [1.807, 2.05) is 58.9 Å². The smallest absolute Gasteiger partial charge is 0.312 e. The summed E-state index contributed by atoms with van der Waals surface area (Å²) in [7, 11) is 0. The SMILES string of the molecule is C.C.C.C.C.C.C.C.C.C.C.C.C.C.C.C.CCC(C)c1ccc(CSc2n[nH]c(=S)s2)cc1.CCC(C)c1ccc(CSc2n[nH]c(=S)s2)cc1.CCC(C)c1ccc(CSc2n[nH]c(=S)s2)cc1.CCC(C)c1ccc(O)cc1.CCC(C)c1ccc(O)cc1.CCC(C)c1ccc(OC(C)OC2CCCCC2)cc1.CCC(C)c1ccc(OC(C)OCCC2CCCCC2)cc1.CCC1(OC(=O)C(C)(C)CC)CCCC1. The van der Waals surface area contributed by atoms with Gasteiger partial charge >= 0.3 is 5.97 Å². The first-order valence-electron chi connectivity index (χ1n) is 49.3. The van der Waals surface area contributed by atoms with Crippen molar-refractivity contribution in [2.24, 2.45) is 11.3 Å². The van der Waals surface area contributed by atoms with E-state index in [0.717, 1.165) is 105 Å². The zero-order valence-corrected chi connectivity index (χ0v) is 91.0. The molecule has 0 amide bonds. The van der Waals surface area contributed by atoms with Crippen molar-refractivity contribution in [1.29, 1.82) is 0 Å². The van der Waals surface area contributed by atoms with Crippen molar-refractivity contribution >= 4 is 112 Å². The molecule has 5 N–H and O–H groups in total. The molecule has 13 rings (SSSR count). The van der Waals surface area contributed by atoms with Crippen LogP contribution in [0, 0.1) is 23.2 Å². The third-order valence-electron chi connectivity index (χ3n) is 26.1. The van der Waals surface area contributed by atoms with Gasteiger partial charge in [-0.2, -0.15) is 15.3 Å². The van der Waals surface area contributed by atoms with E-state index in [2.05, 4.69) is 256 Å². The van der Waals surface area contributed by atoms with Crippen LogP contribution in [-0.2, 0) is 36.3 Å². The standard InChI is InChI=1S/C20H32O2.C18H28O2.3C13H16N2S3.C13H24O2.2C10H14O.16CH4/c1-4-16(2)19-10-12-20(13-11-19)22-17(3)21-15-14-18-8-6-5-7-9-18;1-4-14(2)16-10-12-18(13-11-16)20-15(3)19-17-8-6-5-7-9-17;3*1-3-9(2)11-6-4-10(5-7-11)8-17-13-15-14-12(16)18-13;1-5-12(3,4)11(14)15-13(6-2)9-7-8-10-13;2*1-3-8(2)9-4-6-10(11)7-5-9;;;;;;;;;;;;;;;;/h10-13,16-18H,4-9,14-15H2,1-3H3;10-15,17H,4-9H2,1-3H3;3*4-7,9H,3,8H2,1-2H3,(H,14,16);5-10H2,1-4H3;2*4-8,11H,3H2,1-2H3;16*1H4. The maximum Gasteiger partial charge on any atom is 0.312 e. The van der Waals surface area contributed by atoms with Crippen LogP contribution in [-0.4, -0.2) is 77.7 Å². The molecule has 9 atom stereocenters. The molecule has 0 saturated heterocycles. The number of ether oxygens (including phenoxy) is 5. The van der Waals surface area contributed by atoms with Crippen LogP contribution in [0.2, 0.25) is 0 Å². The van der Waals surface area contributed by atoms with Crippen LogP contribution in [0.4, 0.5) is 0 Å². The Hall–Kier alpha value is -6.48. The van der Waals surface area contributed by atoms with Crippen molar-refractivity contribution < 1.29 is 38.7 Å². The largest absolute Gasteiger partial charge is 0.508 e. The topological polar surface area (TPSA) is 190 Å². The second-order valence-electron chi connectivity index (χ2n) is 36.5. The second kappa shape index (κ2) is 91.7. The molecule has 10 aromatic rings. The summed E-state index contributed by atoms with van der Waals surface area (Å²) in [6.07, 6.45) is 29.0. The molecule has 0 spiro atoms. The van der Waals surface area contributed by atoms with Gasteiger partial charge in [-0.15, -0.1) is 0 Å². The summed E-state index contributed by atoms with van der Waals surface area (Å²) in [4.78, 5) is 12.0. The molecule has 9 unspecified atom stereocenters. The first kappa shape index (κ1) is 165. The van der Waals surface area contributed by atoms with E-state index in [0.29, 0.717) is 59.0 Å². The van der Waals surface area contributed by atoms with Gasteiger partial charge in [0.05, 0.1) is 18.1 Å². The van der Waals surface area contributed by atoms with E-state index in [4.69, 9.17) is 70.6 Å². The Morgan fingerprint density at radius 3 is 0.879 bits per heavy atom. The van der Waals surface area contributed by atoms with Crippen LogP contribution in [0.25, 0.3) is 0 Å². The zero-order chi connectivity index (χ0) is 97.1. The van der Waals surface area contributed by atoms with Crippen molar-refractivity contribution in [2.45, 2.75) is 507 Å². The van der Waals surface area contributed by atoms with Crippen LogP contribution < -0.4 is 9.47 Å². The van der Waals surface area contributed by atoms with E-state index in [9.17, 15) is 4.79 Å². The Morgan fingerprint density at radius 1 is 0.376 bits per heavy atom. The Bertz CT molecular complexity index is 4610. The molecular weight excluding hydrogens is 2010 g/mol. The first-order chi connectivity index (χ1) is 63.9. The molecule has 23 heteroatoms. The molecule has 3 fully saturated rings. The highest BCUT2D eigenvalue weighted by atomic mass is 32.2. The van der Waals surface area contributed by atoms with E-state index in [1.165, 1.54) is 205 Å². The summed E-state index contributed by atoms with van der Waals surface area (Å²) in [6, 6.07) is 58.4. The predicted molar refractivity (Wildman–Crippen MR) is 685 cm³/mol. The molecule has 3 heterocycles. The summed E-state index contributed by atoms with van der Waals surface area (Å²) in [5.74, 6) is 10.5. The number of phenols is 2. The van der Waals surface area contributed by atoms with Crippen LogP contribution in [0.3, 0.4) is 0 Å². The average molecular weight is 2240 g/mol. The molecule has 3 aromatic heterocycles. The Labute approximate surface area is 958 Å². The number of aromatic nitrogens is 6. The van der Waals surface area contributed by atoms with E-state index >= 15 is 0 Å². The minimum absolute atomic E-state index is 0. The molecule has 3 saturated carbocycles. The van der Waals surface area contributed by atoms with Gasteiger partial charge in [0.1, 0.15) is 28.6 Å². The normalized spacial score (nSPS) is 13.9. The number of aromatic hydroxyl groups is 2. The van der Waals surface area contributed by atoms with Crippen LogP contribution >= 0.6 is 106 Å². The second-order valence-corrected chi connectivity index (χ2v) is 45.2. The molecule has 0 aliphatic heterocycles. The number of H-pyrrole nitrogens is 3. The molecule has 7 aromatic carbocycles. The fraction of sp³-hybridized carbons (Fsp3) is 0.611. The van der Waals surface area contributed by atoms with Gasteiger partial charge in [-0.1, -0.05) is 472 Å². The summed E-state index contributed by atoms with van der Waals surface area (Å²) in [6.45, 7) is 44.0. The Balaban J connectivity index is -0.000000161. The van der Waals surface area contributed by atoms with Gasteiger partial charge in [0, 0.05) is 17.3 Å². The minimum Gasteiger partial charge on any atom is -0.508 e. The summed E-state index contributed by atoms with van der Waals surface area (Å²) in [5, 5.41) is 38.8. The maximum atomic E-state index is 12.0. The van der Waals surface area contributed by atoms with E-state index < -0.39 is 0 Å². The number of thioether (sulfide) groups is 3. The molecule has 3 aliphatic carbocycles. The predicted octanol–water partition coefficient (Wildman–Crippen LogP) is 45.9. The van der Waals surface area contributed by atoms with Crippen molar-refractivity contribution in [1.82, 2.24) is 30.6 Å². The molecular formula is C126H224N6O8S9. The average Bonchev–Trinajstić information content (AvgIpc) is 1.71. The van der Waals surface area contributed by atoms with Crippen molar-refractivity contribution in [3.63, 3.8) is 0 Å². The van der Waals surface area contributed by atoms with E-state index in [1.54, 1.807) is 59.6 Å². The molecule has 149 heavy (non-hydrogen) atoms. The van der Waals surface area contributed by atoms with Gasteiger partial charge in [0.15, 0.2) is 37.5 Å². The maximum absolute atomic E-state index is 12.0. The number of carbonyl (C=O) groups excluding carboxylic acids is 1. The third-order valence-corrected chi connectivity index (χ3v) is 33.1. The minimum atomic E-state index is -0.329. The number of hydrogen-bond donors (Lipinski definition) is 5. The Morgan fingerprint density at radius 2 is 0.631 bits per heavy atom. The number of nitrogens with zero attached hydrogens (tertiary/aromatic N) is 3. The number of phenolic OH excluding ortho intramolecular Hbond substituents is 2. The lowest BCUT2D eigenvalue weighted by Crippen LogP contribution is -2.37. The summed E-state index contributed by atoms with van der Waals surface area (Å²) >= 11 is 24.8. The lowest BCUT2D eigenvalue weighted by Gasteiger charge is -2.32. The molecule has 0 radical (unpaired) electrons. The number of hydrogen-bond acceptors (Lipinski definition) is 20. The highest BCUT2D eigenvalue weighted by molar-refractivity contribution is 8.01.